The van der Waals surface area contributed by atoms with E-state index < -0.39 is 10.0 Å². The van der Waals surface area contributed by atoms with Crippen molar-refractivity contribution in [2.45, 2.75) is 10.6 Å². The van der Waals surface area contributed by atoms with Crippen LogP contribution in [0.25, 0.3) is 11.4 Å². The van der Waals surface area contributed by atoms with E-state index in [-0.39, 0.29) is 10.8 Å². The number of halogens is 1. The molecular formula is C14H12ClN3O3S2. The lowest BCUT2D eigenvalue weighted by molar-refractivity contribution is 0.379. The van der Waals surface area contributed by atoms with Gasteiger partial charge in [0.1, 0.15) is 4.21 Å². The average molecular weight is 370 g/mol. The number of rotatable bonds is 6. The predicted molar refractivity (Wildman–Crippen MR) is 88.0 cm³/mol. The van der Waals surface area contributed by atoms with Crippen LogP contribution in [0.15, 0.2) is 51.2 Å². The maximum atomic E-state index is 12.0. The van der Waals surface area contributed by atoms with Gasteiger partial charge in [0.2, 0.25) is 21.7 Å². The molecule has 9 heteroatoms. The SMILES string of the molecule is O=S(=O)(NCCc1nc(-c2ccccc2)no1)c1ccc(Cl)s1. The van der Waals surface area contributed by atoms with Crippen molar-refractivity contribution in [1.29, 1.82) is 0 Å². The lowest BCUT2D eigenvalue weighted by Gasteiger charge is -2.02. The van der Waals surface area contributed by atoms with Crippen LogP contribution < -0.4 is 4.72 Å². The van der Waals surface area contributed by atoms with E-state index in [2.05, 4.69) is 14.9 Å². The molecule has 0 aliphatic heterocycles. The van der Waals surface area contributed by atoms with Gasteiger partial charge in [0.05, 0.1) is 4.34 Å². The number of aromatic nitrogens is 2. The van der Waals surface area contributed by atoms with Crippen LogP contribution in [0, 0.1) is 0 Å². The Bertz CT molecular complexity index is 891. The minimum atomic E-state index is -3.56. The molecule has 0 saturated heterocycles. The molecule has 23 heavy (non-hydrogen) atoms. The van der Waals surface area contributed by atoms with E-state index in [0.29, 0.717) is 22.5 Å². The first-order chi connectivity index (χ1) is 11.0. The Morgan fingerprint density at radius 3 is 2.65 bits per heavy atom. The Hall–Kier alpha value is -1.74. The van der Waals surface area contributed by atoms with Crippen molar-refractivity contribution in [2.24, 2.45) is 0 Å². The number of hydrogen-bond donors (Lipinski definition) is 1. The van der Waals surface area contributed by atoms with Gasteiger partial charge in [-0.1, -0.05) is 47.1 Å². The van der Waals surface area contributed by atoms with Crippen molar-refractivity contribution in [3.8, 4) is 11.4 Å². The first-order valence-corrected chi connectivity index (χ1v) is 9.35. The maximum absolute atomic E-state index is 12.0. The van der Waals surface area contributed by atoms with Gasteiger partial charge < -0.3 is 4.52 Å². The van der Waals surface area contributed by atoms with Crippen LogP contribution >= 0.6 is 22.9 Å². The molecule has 0 atom stereocenters. The van der Waals surface area contributed by atoms with Gasteiger partial charge in [-0.3, -0.25) is 0 Å². The lowest BCUT2D eigenvalue weighted by Crippen LogP contribution is -2.25. The third-order valence-electron chi connectivity index (χ3n) is 2.94. The summed E-state index contributed by atoms with van der Waals surface area (Å²) >= 11 is 6.76. The zero-order valence-electron chi connectivity index (χ0n) is 11.8. The van der Waals surface area contributed by atoms with E-state index in [1.54, 1.807) is 6.07 Å². The largest absolute Gasteiger partial charge is 0.339 e. The summed E-state index contributed by atoms with van der Waals surface area (Å²) in [5.41, 5.74) is 0.844. The van der Waals surface area contributed by atoms with E-state index in [1.807, 2.05) is 30.3 Å². The molecule has 0 saturated carbocycles. The molecule has 0 bridgehead atoms. The Labute approximate surface area is 142 Å². The fraction of sp³-hybridized carbons (Fsp3) is 0.143. The molecule has 0 radical (unpaired) electrons. The van der Waals surface area contributed by atoms with Gasteiger partial charge in [0, 0.05) is 18.5 Å². The highest BCUT2D eigenvalue weighted by molar-refractivity contribution is 7.91. The summed E-state index contributed by atoms with van der Waals surface area (Å²) in [5, 5.41) is 3.88. The molecule has 120 valence electrons. The summed E-state index contributed by atoms with van der Waals surface area (Å²) in [4.78, 5) is 4.25. The second kappa shape index (κ2) is 6.79. The van der Waals surface area contributed by atoms with Crippen molar-refractivity contribution < 1.29 is 12.9 Å². The topological polar surface area (TPSA) is 85.1 Å². The molecule has 2 heterocycles. The summed E-state index contributed by atoms with van der Waals surface area (Å²) in [6.45, 7) is 0.161. The molecule has 0 spiro atoms. The van der Waals surface area contributed by atoms with Crippen molar-refractivity contribution in [3.63, 3.8) is 0 Å². The number of sulfonamides is 1. The Kier molecular flexibility index (Phi) is 4.76. The molecule has 0 unspecified atom stereocenters. The highest BCUT2D eigenvalue weighted by Gasteiger charge is 2.16. The van der Waals surface area contributed by atoms with Crippen LogP contribution in [0.4, 0.5) is 0 Å². The predicted octanol–water partition coefficient (Wildman–Crippen LogP) is 2.97. The molecule has 0 aliphatic carbocycles. The van der Waals surface area contributed by atoms with Crippen LogP contribution in [0.5, 0.6) is 0 Å². The van der Waals surface area contributed by atoms with E-state index >= 15 is 0 Å². The highest BCUT2D eigenvalue weighted by atomic mass is 35.5. The number of thiophene rings is 1. The minimum Gasteiger partial charge on any atom is -0.339 e. The van der Waals surface area contributed by atoms with E-state index in [0.717, 1.165) is 16.9 Å². The monoisotopic (exact) mass is 369 g/mol. The fourth-order valence-electron chi connectivity index (χ4n) is 1.87. The zero-order chi connectivity index (χ0) is 16.3. The van der Waals surface area contributed by atoms with E-state index in [9.17, 15) is 8.42 Å². The number of benzene rings is 1. The second-order valence-electron chi connectivity index (χ2n) is 4.58. The molecular weight excluding hydrogens is 358 g/mol. The van der Waals surface area contributed by atoms with Crippen LogP contribution in [-0.2, 0) is 16.4 Å². The van der Waals surface area contributed by atoms with E-state index in [1.165, 1.54) is 6.07 Å². The zero-order valence-corrected chi connectivity index (χ0v) is 14.2. The smallest absolute Gasteiger partial charge is 0.250 e. The van der Waals surface area contributed by atoms with Crippen LogP contribution in [-0.4, -0.2) is 25.1 Å². The standard InChI is InChI=1S/C14H12ClN3O3S2/c15-11-6-7-13(22-11)23(19,20)16-9-8-12-17-14(18-21-12)10-4-2-1-3-5-10/h1-7,16H,8-9H2. The van der Waals surface area contributed by atoms with Crippen LogP contribution in [0.1, 0.15) is 5.89 Å². The molecule has 0 aliphatic rings. The van der Waals surface area contributed by atoms with Gasteiger partial charge >= 0.3 is 0 Å². The first kappa shape index (κ1) is 16.1. The third-order valence-corrected chi connectivity index (χ3v) is 6.13. The Morgan fingerprint density at radius 2 is 1.96 bits per heavy atom. The maximum Gasteiger partial charge on any atom is 0.250 e. The van der Waals surface area contributed by atoms with E-state index in [4.69, 9.17) is 16.1 Å². The molecule has 2 aromatic heterocycles. The molecule has 3 rings (SSSR count). The summed E-state index contributed by atoms with van der Waals surface area (Å²) < 4.78 is 32.3. The lowest BCUT2D eigenvalue weighted by atomic mass is 10.2. The van der Waals surface area contributed by atoms with Crippen LogP contribution in [0.3, 0.4) is 0 Å². The summed E-state index contributed by atoms with van der Waals surface area (Å²) in [6.07, 6.45) is 0.304. The number of hydrogen-bond acceptors (Lipinski definition) is 6. The fourth-order valence-corrected chi connectivity index (χ4v) is 4.43. The summed E-state index contributed by atoms with van der Waals surface area (Å²) in [7, 11) is -3.56. The molecule has 1 N–H and O–H groups in total. The van der Waals surface area contributed by atoms with Crippen molar-refractivity contribution in [2.75, 3.05) is 6.54 Å². The minimum absolute atomic E-state index is 0.161. The summed E-state index contributed by atoms with van der Waals surface area (Å²) in [5.74, 6) is 0.851. The number of nitrogens with zero attached hydrogens (tertiary/aromatic N) is 2. The molecule has 0 amide bonds. The molecule has 3 aromatic rings. The van der Waals surface area contributed by atoms with Gasteiger partial charge in [0.15, 0.2) is 0 Å². The van der Waals surface area contributed by atoms with Crippen molar-refractivity contribution in [1.82, 2.24) is 14.9 Å². The van der Waals surface area contributed by atoms with Crippen molar-refractivity contribution >= 4 is 33.0 Å². The first-order valence-electron chi connectivity index (χ1n) is 6.67. The quantitative estimate of drug-likeness (QED) is 0.722. The normalized spacial score (nSPS) is 11.7. The third kappa shape index (κ3) is 3.97. The second-order valence-corrected chi connectivity index (χ2v) is 8.29. The van der Waals surface area contributed by atoms with Gasteiger partial charge in [-0.05, 0) is 12.1 Å². The van der Waals surface area contributed by atoms with Crippen LogP contribution in [0.2, 0.25) is 4.34 Å². The van der Waals surface area contributed by atoms with Gasteiger partial charge in [-0.2, -0.15) is 4.98 Å². The Morgan fingerprint density at radius 1 is 1.17 bits per heavy atom. The Balaban J connectivity index is 1.60. The number of nitrogens with one attached hydrogen (secondary N) is 1. The highest BCUT2D eigenvalue weighted by Crippen LogP contribution is 2.25. The van der Waals surface area contributed by atoms with Gasteiger partial charge in [0.25, 0.3) is 0 Å². The average Bonchev–Trinajstić information content (AvgIpc) is 3.17. The van der Waals surface area contributed by atoms with Gasteiger partial charge in [-0.25, -0.2) is 13.1 Å². The summed E-state index contributed by atoms with van der Waals surface area (Å²) in [6, 6.07) is 12.4. The molecule has 0 fully saturated rings. The molecule has 1 aromatic carbocycles. The van der Waals surface area contributed by atoms with Crippen molar-refractivity contribution in [3.05, 3.63) is 52.7 Å². The molecule has 6 nitrogen and oxygen atoms in total. The van der Waals surface area contributed by atoms with Gasteiger partial charge in [-0.15, -0.1) is 11.3 Å².